The molecule has 0 aliphatic carbocycles. The van der Waals surface area contributed by atoms with Crippen LogP contribution in [0.4, 0.5) is 5.69 Å². The number of anilines is 1. The lowest BCUT2D eigenvalue weighted by Crippen LogP contribution is -2.20. The molecular weight excluding hydrogens is 421 g/mol. The highest BCUT2D eigenvalue weighted by Gasteiger charge is 2.07. The summed E-state index contributed by atoms with van der Waals surface area (Å²) in [5, 5.41) is 6.63. The number of carbonyl (C=O) groups is 1. The van der Waals surface area contributed by atoms with Gasteiger partial charge in [0.05, 0.1) is 0 Å². The fourth-order valence-corrected chi connectivity index (χ4v) is 2.36. The third-order valence-corrected chi connectivity index (χ3v) is 3.86. The van der Waals surface area contributed by atoms with Gasteiger partial charge in [0.25, 0.3) is 5.91 Å². The average molecular weight is 435 g/mol. The van der Waals surface area contributed by atoms with Crippen molar-refractivity contribution in [1.29, 1.82) is 0 Å². The lowest BCUT2D eigenvalue weighted by atomic mass is 10.2. The van der Waals surface area contributed by atoms with Crippen LogP contribution in [0.5, 0.6) is 5.75 Å². The molecule has 0 aliphatic heterocycles. The molecule has 1 heterocycles. The summed E-state index contributed by atoms with van der Waals surface area (Å²) in [7, 11) is 0. The Morgan fingerprint density at radius 3 is 2.50 bits per heavy atom. The third kappa shape index (κ3) is 4.31. The number of hydrogen-bond acceptors (Lipinski definition) is 5. The molecule has 0 bridgehead atoms. The Hall–Kier alpha value is -2.42. The van der Waals surface area contributed by atoms with E-state index in [1.165, 1.54) is 0 Å². The predicted molar refractivity (Wildman–Crippen MR) is 97.8 cm³/mol. The van der Waals surface area contributed by atoms with E-state index in [0.29, 0.717) is 17.5 Å². The Morgan fingerprint density at radius 1 is 1.17 bits per heavy atom. The Bertz CT molecular complexity index is 829. The first-order valence-electron chi connectivity index (χ1n) is 7.19. The van der Waals surface area contributed by atoms with E-state index in [9.17, 15) is 4.79 Å². The molecule has 7 heteroatoms. The summed E-state index contributed by atoms with van der Waals surface area (Å²) >= 11 is 2.21. The van der Waals surface area contributed by atoms with Crippen LogP contribution in [0, 0.1) is 10.5 Å². The molecule has 1 amide bonds. The van der Waals surface area contributed by atoms with Gasteiger partial charge in [0.15, 0.2) is 6.61 Å². The van der Waals surface area contributed by atoms with Crippen LogP contribution in [0.3, 0.4) is 0 Å². The van der Waals surface area contributed by atoms with Gasteiger partial charge in [0.1, 0.15) is 5.75 Å². The maximum Gasteiger partial charge on any atom is 0.262 e. The van der Waals surface area contributed by atoms with Gasteiger partial charge < -0.3 is 14.6 Å². The third-order valence-electron chi connectivity index (χ3n) is 3.14. The normalized spacial score (nSPS) is 10.4. The lowest BCUT2D eigenvalue weighted by Gasteiger charge is -2.08. The molecule has 0 saturated carbocycles. The SMILES string of the molecule is Cc1nc(-c2ccc(OCC(=O)Nc3ccc(I)cc3)cc2)no1. The van der Waals surface area contributed by atoms with Gasteiger partial charge in [-0.15, -0.1) is 0 Å². The molecule has 0 atom stereocenters. The van der Waals surface area contributed by atoms with Crippen molar-refractivity contribution in [2.45, 2.75) is 6.92 Å². The second-order valence-corrected chi connectivity index (χ2v) is 6.25. The molecule has 24 heavy (non-hydrogen) atoms. The van der Waals surface area contributed by atoms with Crippen LogP contribution in [0.25, 0.3) is 11.4 Å². The molecular formula is C17H14IN3O3. The van der Waals surface area contributed by atoms with Crippen molar-refractivity contribution in [3.8, 4) is 17.1 Å². The summed E-state index contributed by atoms with van der Waals surface area (Å²) < 4.78 is 11.5. The summed E-state index contributed by atoms with van der Waals surface area (Å²) in [4.78, 5) is 16.0. The van der Waals surface area contributed by atoms with Crippen LogP contribution in [-0.4, -0.2) is 22.7 Å². The molecule has 0 aliphatic rings. The number of aromatic nitrogens is 2. The molecule has 1 aromatic heterocycles. The van der Waals surface area contributed by atoms with Crippen molar-refractivity contribution in [3.63, 3.8) is 0 Å². The summed E-state index contributed by atoms with van der Waals surface area (Å²) in [5.41, 5.74) is 1.56. The highest BCUT2D eigenvalue weighted by molar-refractivity contribution is 14.1. The van der Waals surface area contributed by atoms with Crippen molar-refractivity contribution in [2.24, 2.45) is 0 Å². The zero-order chi connectivity index (χ0) is 16.9. The summed E-state index contributed by atoms with van der Waals surface area (Å²) in [6.07, 6.45) is 0. The second kappa shape index (κ2) is 7.43. The second-order valence-electron chi connectivity index (χ2n) is 5.01. The Kier molecular flexibility index (Phi) is 5.09. The zero-order valence-electron chi connectivity index (χ0n) is 12.8. The topological polar surface area (TPSA) is 77.2 Å². The van der Waals surface area contributed by atoms with E-state index >= 15 is 0 Å². The minimum absolute atomic E-state index is 0.0628. The maximum absolute atomic E-state index is 11.9. The van der Waals surface area contributed by atoms with Gasteiger partial charge in [-0.05, 0) is 71.1 Å². The number of nitrogens with zero attached hydrogens (tertiary/aromatic N) is 2. The van der Waals surface area contributed by atoms with Gasteiger partial charge >= 0.3 is 0 Å². The molecule has 0 spiro atoms. The molecule has 0 saturated heterocycles. The van der Waals surface area contributed by atoms with Gasteiger partial charge in [-0.3, -0.25) is 4.79 Å². The molecule has 0 unspecified atom stereocenters. The Morgan fingerprint density at radius 2 is 1.88 bits per heavy atom. The molecule has 1 N–H and O–H groups in total. The number of carbonyl (C=O) groups excluding carboxylic acids is 1. The fraction of sp³-hybridized carbons (Fsp3) is 0.118. The van der Waals surface area contributed by atoms with Crippen molar-refractivity contribution in [2.75, 3.05) is 11.9 Å². The van der Waals surface area contributed by atoms with Crippen LogP contribution in [-0.2, 0) is 4.79 Å². The number of rotatable bonds is 5. The van der Waals surface area contributed by atoms with Gasteiger partial charge in [0, 0.05) is 21.7 Å². The number of halogens is 1. The van der Waals surface area contributed by atoms with Crippen LogP contribution < -0.4 is 10.1 Å². The van der Waals surface area contributed by atoms with E-state index in [1.54, 1.807) is 19.1 Å². The number of ether oxygens (including phenoxy) is 1. The standard InChI is InChI=1S/C17H14IN3O3/c1-11-19-17(21-24-11)12-2-8-15(9-3-12)23-10-16(22)20-14-6-4-13(18)5-7-14/h2-9H,10H2,1H3,(H,20,22). The number of aryl methyl sites for hydroxylation is 1. The Balaban J connectivity index is 1.54. The minimum atomic E-state index is -0.214. The highest BCUT2D eigenvalue weighted by atomic mass is 127. The first-order chi connectivity index (χ1) is 11.6. The first-order valence-corrected chi connectivity index (χ1v) is 8.27. The van der Waals surface area contributed by atoms with Crippen molar-refractivity contribution < 1.29 is 14.1 Å². The summed E-state index contributed by atoms with van der Waals surface area (Å²) in [5.74, 6) is 1.42. The van der Waals surface area contributed by atoms with Gasteiger partial charge in [-0.1, -0.05) is 5.16 Å². The van der Waals surface area contributed by atoms with E-state index in [4.69, 9.17) is 9.26 Å². The van der Waals surface area contributed by atoms with Gasteiger partial charge in [0.2, 0.25) is 11.7 Å². The van der Waals surface area contributed by atoms with E-state index in [0.717, 1.165) is 14.8 Å². The van der Waals surface area contributed by atoms with E-state index < -0.39 is 0 Å². The molecule has 122 valence electrons. The van der Waals surface area contributed by atoms with E-state index in [2.05, 4.69) is 38.0 Å². The van der Waals surface area contributed by atoms with Crippen molar-refractivity contribution >= 4 is 34.2 Å². The molecule has 0 radical (unpaired) electrons. The summed E-state index contributed by atoms with van der Waals surface area (Å²) in [6.45, 7) is 1.67. The largest absolute Gasteiger partial charge is 0.484 e. The van der Waals surface area contributed by atoms with Crippen LogP contribution >= 0.6 is 22.6 Å². The van der Waals surface area contributed by atoms with Gasteiger partial charge in [-0.2, -0.15) is 4.98 Å². The molecule has 0 fully saturated rings. The predicted octanol–water partition coefficient (Wildman–Crippen LogP) is 3.67. The quantitative estimate of drug-likeness (QED) is 0.619. The molecule has 2 aromatic carbocycles. The smallest absolute Gasteiger partial charge is 0.262 e. The molecule has 3 aromatic rings. The monoisotopic (exact) mass is 435 g/mol. The van der Waals surface area contributed by atoms with Crippen molar-refractivity contribution in [1.82, 2.24) is 10.1 Å². The highest BCUT2D eigenvalue weighted by Crippen LogP contribution is 2.20. The minimum Gasteiger partial charge on any atom is -0.484 e. The van der Waals surface area contributed by atoms with E-state index in [-0.39, 0.29) is 12.5 Å². The zero-order valence-corrected chi connectivity index (χ0v) is 15.0. The summed E-state index contributed by atoms with van der Waals surface area (Å²) in [6, 6.07) is 14.7. The molecule has 3 rings (SSSR count). The van der Waals surface area contributed by atoms with Crippen LogP contribution in [0.1, 0.15) is 5.89 Å². The number of hydrogen-bond donors (Lipinski definition) is 1. The van der Waals surface area contributed by atoms with E-state index in [1.807, 2.05) is 36.4 Å². The number of nitrogens with one attached hydrogen (secondary N) is 1. The van der Waals surface area contributed by atoms with Gasteiger partial charge in [-0.25, -0.2) is 0 Å². The lowest BCUT2D eigenvalue weighted by molar-refractivity contribution is -0.118. The number of amides is 1. The molecule has 6 nitrogen and oxygen atoms in total. The average Bonchev–Trinajstić information content (AvgIpc) is 3.02. The fourth-order valence-electron chi connectivity index (χ4n) is 2.00. The Labute approximate surface area is 152 Å². The first kappa shape index (κ1) is 16.4. The van der Waals surface area contributed by atoms with Crippen molar-refractivity contribution in [3.05, 3.63) is 58.0 Å². The van der Waals surface area contributed by atoms with Crippen LogP contribution in [0.2, 0.25) is 0 Å². The van der Waals surface area contributed by atoms with Crippen LogP contribution in [0.15, 0.2) is 53.1 Å². The maximum atomic E-state index is 11.9. The number of benzene rings is 2.